The maximum absolute atomic E-state index is 9.79. The normalized spacial score (nSPS) is 12.4. The molecule has 0 aliphatic carbocycles. The number of aliphatic hydroxyl groups excluding tert-OH is 1. The number of ether oxygens (including phenoxy) is 1. The first kappa shape index (κ1) is 12.5. The average Bonchev–Trinajstić information content (AvgIpc) is 2.73. The van der Waals surface area contributed by atoms with Crippen molar-refractivity contribution in [3.8, 4) is 5.75 Å². The van der Waals surface area contributed by atoms with Gasteiger partial charge in [-0.05, 0) is 46.3 Å². The Morgan fingerprint density at radius 3 is 2.82 bits per heavy atom. The van der Waals surface area contributed by atoms with Crippen LogP contribution in [0.5, 0.6) is 5.75 Å². The molecule has 2 aromatic rings. The Bertz CT molecular complexity index is 498. The lowest BCUT2D eigenvalue weighted by molar-refractivity contribution is 0.0880. The third-order valence-electron chi connectivity index (χ3n) is 2.13. The summed E-state index contributed by atoms with van der Waals surface area (Å²) in [5, 5.41) is 10.4. The van der Waals surface area contributed by atoms with Crippen LogP contribution < -0.4 is 4.74 Å². The van der Waals surface area contributed by atoms with Gasteiger partial charge in [0.05, 0.1) is 0 Å². The van der Waals surface area contributed by atoms with E-state index in [0.717, 1.165) is 0 Å². The highest BCUT2D eigenvalue weighted by molar-refractivity contribution is 9.10. The van der Waals surface area contributed by atoms with Crippen molar-refractivity contribution in [1.29, 1.82) is 0 Å². The Morgan fingerprint density at radius 2 is 2.18 bits per heavy atom. The molecule has 3 nitrogen and oxygen atoms in total. The van der Waals surface area contributed by atoms with Crippen LogP contribution in [0.2, 0.25) is 5.02 Å². The van der Waals surface area contributed by atoms with Gasteiger partial charge in [0.15, 0.2) is 4.67 Å². The molecule has 90 valence electrons. The van der Waals surface area contributed by atoms with Crippen molar-refractivity contribution in [2.24, 2.45) is 0 Å². The molecule has 0 spiro atoms. The minimum absolute atomic E-state index is 0.111. The van der Waals surface area contributed by atoms with Crippen LogP contribution in [0, 0.1) is 0 Å². The molecule has 1 aromatic carbocycles. The largest absolute Gasteiger partial charge is 0.490 e. The minimum Gasteiger partial charge on any atom is -0.490 e. The fourth-order valence-corrected chi connectivity index (χ4v) is 1.82. The first-order chi connectivity index (χ1) is 8.15. The van der Waals surface area contributed by atoms with Gasteiger partial charge in [-0.3, -0.25) is 0 Å². The summed E-state index contributed by atoms with van der Waals surface area (Å²) < 4.78 is 11.2. The van der Waals surface area contributed by atoms with Crippen molar-refractivity contribution in [2.45, 2.75) is 6.10 Å². The maximum atomic E-state index is 9.79. The number of hydrogen-bond acceptors (Lipinski definition) is 3. The Hall–Kier alpha value is -0.970. The van der Waals surface area contributed by atoms with Gasteiger partial charge in [-0.2, -0.15) is 0 Å². The highest BCUT2D eigenvalue weighted by Crippen LogP contribution is 2.22. The van der Waals surface area contributed by atoms with E-state index in [4.69, 9.17) is 20.8 Å². The first-order valence-electron chi connectivity index (χ1n) is 4.97. The van der Waals surface area contributed by atoms with E-state index in [-0.39, 0.29) is 6.61 Å². The van der Waals surface area contributed by atoms with Gasteiger partial charge < -0.3 is 14.3 Å². The minimum atomic E-state index is -0.805. The van der Waals surface area contributed by atoms with Crippen LogP contribution in [0.3, 0.4) is 0 Å². The SMILES string of the molecule is OC(COc1cccc(Cl)c1)c1ccc(Br)o1. The molecular weight excluding hydrogens is 307 g/mol. The van der Waals surface area contributed by atoms with Crippen LogP contribution in [-0.4, -0.2) is 11.7 Å². The summed E-state index contributed by atoms with van der Waals surface area (Å²) in [7, 11) is 0. The van der Waals surface area contributed by atoms with Crippen molar-refractivity contribution in [3.05, 3.63) is 51.9 Å². The molecule has 1 N–H and O–H groups in total. The second-order valence-electron chi connectivity index (χ2n) is 3.43. The van der Waals surface area contributed by atoms with E-state index in [2.05, 4.69) is 15.9 Å². The topological polar surface area (TPSA) is 42.6 Å². The summed E-state index contributed by atoms with van der Waals surface area (Å²) in [6.07, 6.45) is -0.805. The number of hydrogen-bond donors (Lipinski definition) is 1. The molecule has 0 bridgehead atoms. The van der Waals surface area contributed by atoms with E-state index in [0.29, 0.717) is 21.2 Å². The van der Waals surface area contributed by atoms with Gasteiger partial charge in [-0.15, -0.1) is 0 Å². The van der Waals surface area contributed by atoms with Crippen molar-refractivity contribution in [3.63, 3.8) is 0 Å². The lowest BCUT2D eigenvalue weighted by Gasteiger charge is -2.10. The van der Waals surface area contributed by atoms with Crippen LogP contribution in [-0.2, 0) is 0 Å². The van der Waals surface area contributed by atoms with Crippen LogP contribution >= 0.6 is 27.5 Å². The van der Waals surface area contributed by atoms with E-state index in [1.54, 1.807) is 36.4 Å². The van der Waals surface area contributed by atoms with Crippen molar-refractivity contribution < 1.29 is 14.3 Å². The van der Waals surface area contributed by atoms with Crippen molar-refractivity contribution in [1.82, 2.24) is 0 Å². The molecule has 17 heavy (non-hydrogen) atoms. The molecule has 1 atom stereocenters. The molecule has 0 saturated heterocycles. The molecule has 0 aliphatic rings. The molecule has 0 amide bonds. The summed E-state index contributed by atoms with van der Waals surface area (Å²) >= 11 is 8.98. The van der Waals surface area contributed by atoms with Gasteiger partial charge in [0.25, 0.3) is 0 Å². The predicted octanol–water partition coefficient (Wildman–Crippen LogP) is 3.81. The van der Waals surface area contributed by atoms with Gasteiger partial charge in [0, 0.05) is 5.02 Å². The molecule has 0 radical (unpaired) electrons. The molecule has 0 saturated carbocycles. The maximum Gasteiger partial charge on any atom is 0.169 e. The molecule has 5 heteroatoms. The Labute approximate surface area is 112 Å². The Balaban J connectivity index is 1.94. The van der Waals surface area contributed by atoms with Gasteiger partial charge in [0.2, 0.25) is 0 Å². The summed E-state index contributed by atoms with van der Waals surface area (Å²) in [6.45, 7) is 0.111. The van der Waals surface area contributed by atoms with Gasteiger partial charge in [-0.1, -0.05) is 17.7 Å². The number of furan rings is 1. The lowest BCUT2D eigenvalue weighted by atomic mass is 10.3. The van der Waals surface area contributed by atoms with Crippen molar-refractivity contribution >= 4 is 27.5 Å². The summed E-state index contributed by atoms with van der Waals surface area (Å²) in [6, 6.07) is 10.4. The van der Waals surface area contributed by atoms with E-state index in [1.165, 1.54) is 0 Å². The first-order valence-corrected chi connectivity index (χ1v) is 6.14. The van der Waals surface area contributed by atoms with Crippen LogP contribution in [0.25, 0.3) is 0 Å². The molecule has 2 rings (SSSR count). The number of rotatable bonds is 4. The van der Waals surface area contributed by atoms with Gasteiger partial charge in [0.1, 0.15) is 24.2 Å². The third kappa shape index (κ3) is 3.49. The molecule has 0 aliphatic heterocycles. The molecule has 1 heterocycles. The Kier molecular flexibility index (Phi) is 4.10. The molecule has 0 fully saturated rings. The summed E-state index contributed by atoms with van der Waals surface area (Å²) in [5.74, 6) is 1.07. The van der Waals surface area contributed by atoms with Crippen LogP contribution in [0.4, 0.5) is 0 Å². The summed E-state index contributed by atoms with van der Waals surface area (Å²) in [4.78, 5) is 0. The lowest BCUT2D eigenvalue weighted by Crippen LogP contribution is -2.08. The van der Waals surface area contributed by atoms with E-state index in [1.807, 2.05) is 0 Å². The second-order valence-corrected chi connectivity index (χ2v) is 4.64. The highest BCUT2D eigenvalue weighted by atomic mass is 79.9. The highest BCUT2D eigenvalue weighted by Gasteiger charge is 2.12. The number of aliphatic hydroxyl groups is 1. The third-order valence-corrected chi connectivity index (χ3v) is 2.79. The monoisotopic (exact) mass is 316 g/mol. The molecule has 1 unspecified atom stereocenters. The second kappa shape index (κ2) is 5.58. The van der Waals surface area contributed by atoms with E-state index >= 15 is 0 Å². The van der Waals surface area contributed by atoms with Gasteiger partial charge >= 0.3 is 0 Å². The standard InChI is InChI=1S/C12H10BrClO3/c13-12-5-4-11(17-12)10(15)7-16-9-3-1-2-8(14)6-9/h1-6,10,15H,7H2. The zero-order valence-corrected chi connectivity index (χ0v) is 11.1. The molecule has 1 aromatic heterocycles. The van der Waals surface area contributed by atoms with Gasteiger partial charge in [-0.25, -0.2) is 0 Å². The van der Waals surface area contributed by atoms with E-state index < -0.39 is 6.10 Å². The molecular formula is C12H10BrClO3. The fraction of sp³-hybridized carbons (Fsp3) is 0.167. The van der Waals surface area contributed by atoms with Crippen LogP contribution in [0.1, 0.15) is 11.9 Å². The van der Waals surface area contributed by atoms with Crippen LogP contribution in [0.15, 0.2) is 45.5 Å². The zero-order valence-electron chi connectivity index (χ0n) is 8.77. The zero-order chi connectivity index (χ0) is 12.3. The predicted molar refractivity (Wildman–Crippen MR) is 68.3 cm³/mol. The summed E-state index contributed by atoms with van der Waals surface area (Å²) in [5.41, 5.74) is 0. The number of benzene rings is 1. The smallest absolute Gasteiger partial charge is 0.169 e. The number of halogens is 2. The Morgan fingerprint density at radius 1 is 1.35 bits per heavy atom. The average molecular weight is 318 g/mol. The quantitative estimate of drug-likeness (QED) is 0.932. The fourth-order valence-electron chi connectivity index (χ4n) is 1.32. The van der Waals surface area contributed by atoms with E-state index in [9.17, 15) is 5.11 Å². The van der Waals surface area contributed by atoms with Crippen molar-refractivity contribution in [2.75, 3.05) is 6.61 Å².